The number of H-pyrrole nitrogens is 1. The zero-order valence-corrected chi connectivity index (χ0v) is 16.9. The first-order chi connectivity index (χ1) is 13.5. The van der Waals surface area contributed by atoms with E-state index in [4.69, 9.17) is 4.74 Å². The third kappa shape index (κ3) is 4.35. The van der Waals surface area contributed by atoms with Crippen molar-refractivity contribution in [3.05, 3.63) is 59.0 Å². The molecule has 1 N–H and O–H groups in total. The molecular formula is C23H28N2O3. The summed E-state index contributed by atoms with van der Waals surface area (Å²) >= 11 is 0. The molecule has 0 bridgehead atoms. The van der Waals surface area contributed by atoms with Crippen LogP contribution in [-0.2, 0) is 22.5 Å². The number of ketones is 1. The lowest BCUT2D eigenvalue weighted by molar-refractivity contribution is -0.142. The van der Waals surface area contributed by atoms with Gasteiger partial charge in [0.05, 0.1) is 0 Å². The molecule has 0 spiro atoms. The van der Waals surface area contributed by atoms with Crippen molar-refractivity contribution in [1.82, 2.24) is 9.55 Å². The molecule has 2 heterocycles. The van der Waals surface area contributed by atoms with Crippen LogP contribution < -0.4 is 0 Å². The van der Waals surface area contributed by atoms with E-state index in [0.29, 0.717) is 18.4 Å². The van der Waals surface area contributed by atoms with Crippen molar-refractivity contribution in [2.45, 2.75) is 53.0 Å². The van der Waals surface area contributed by atoms with Crippen LogP contribution in [0.2, 0.25) is 0 Å². The van der Waals surface area contributed by atoms with E-state index in [1.165, 1.54) is 10.9 Å². The number of fused-ring (bicyclic) bond motifs is 1. The van der Waals surface area contributed by atoms with E-state index in [1.807, 2.05) is 44.3 Å². The highest BCUT2D eigenvalue weighted by atomic mass is 16.5. The number of ether oxygens (including phenoxy) is 1. The Morgan fingerprint density at radius 2 is 1.96 bits per heavy atom. The van der Waals surface area contributed by atoms with Crippen LogP contribution in [0.1, 0.15) is 53.5 Å². The van der Waals surface area contributed by atoms with Crippen molar-refractivity contribution in [3.63, 3.8) is 0 Å². The highest BCUT2D eigenvalue weighted by molar-refractivity contribution is 5.99. The fourth-order valence-electron chi connectivity index (χ4n) is 3.71. The van der Waals surface area contributed by atoms with Gasteiger partial charge in [0, 0.05) is 47.0 Å². The van der Waals surface area contributed by atoms with Gasteiger partial charge in [-0.3, -0.25) is 9.59 Å². The predicted octanol–water partition coefficient (Wildman–Crippen LogP) is 4.75. The Hall–Kier alpha value is -2.82. The van der Waals surface area contributed by atoms with Crippen LogP contribution in [0.3, 0.4) is 0 Å². The fourth-order valence-corrected chi connectivity index (χ4v) is 3.71. The number of nitrogens with zero attached hydrogens (tertiary/aromatic N) is 1. The number of rotatable bonds is 9. The summed E-state index contributed by atoms with van der Waals surface area (Å²) in [4.78, 5) is 27.7. The zero-order valence-electron chi connectivity index (χ0n) is 16.9. The molecule has 0 saturated heterocycles. The number of carbonyl (C=O) groups excluding carboxylic acids is 2. The van der Waals surface area contributed by atoms with Crippen molar-refractivity contribution in [3.8, 4) is 0 Å². The van der Waals surface area contributed by atoms with Gasteiger partial charge in [0.2, 0.25) is 5.78 Å². The molecule has 28 heavy (non-hydrogen) atoms. The summed E-state index contributed by atoms with van der Waals surface area (Å²) in [6.07, 6.45) is 4.80. The van der Waals surface area contributed by atoms with E-state index < -0.39 is 0 Å². The van der Waals surface area contributed by atoms with Gasteiger partial charge >= 0.3 is 5.97 Å². The lowest BCUT2D eigenvalue weighted by Gasteiger charge is -2.08. The van der Waals surface area contributed by atoms with Crippen molar-refractivity contribution in [1.29, 1.82) is 0 Å². The Kier molecular flexibility index (Phi) is 6.34. The Morgan fingerprint density at radius 3 is 2.75 bits per heavy atom. The van der Waals surface area contributed by atoms with Gasteiger partial charge in [-0.25, -0.2) is 0 Å². The van der Waals surface area contributed by atoms with Gasteiger partial charge in [0.25, 0.3) is 0 Å². The second-order valence-electron chi connectivity index (χ2n) is 7.23. The number of Topliss-reactive ketones (excluding diaryl/α,β-unsaturated/α-hetero) is 1. The molecule has 1 aromatic carbocycles. The largest absolute Gasteiger partial charge is 0.457 e. The van der Waals surface area contributed by atoms with Gasteiger partial charge in [-0.05, 0) is 50.8 Å². The smallest absolute Gasteiger partial charge is 0.306 e. The first-order valence-corrected chi connectivity index (χ1v) is 9.91. The SMILES string of the molecule is CCCn1c(C)cc(C(=O)COC(=O)CCCc2c[nH]c3ccccc23)c1C. The molecule has 0 unspecified atom stereocenters. The number of aromatic nitrogens is 2. The molecule has 5 nitrogen and oxygen atoms in total. The molecule has 0 aliphatic carbocycles. The quantitative estimate of drug-likeness (QED) is 0.430. The standard InChI is InChI=1S/C23H28N2O3/c1-4-12-25-16(2)13-20(17(25)3)22(26)15-28-23(27)11-7-8-18-14-24-21-10-6-5-9-19(18)21/h5-6,9-10,13-14,24H,4,7-8,11-12,15H2,1-3H3. The summed E-state index contributed by atoms with van der Waals surface area (Å²) in [5, 5.41) is 1.19. The van der Waals surface area contributed by atoms with E-state index in [9.17, 15) is 9.59 Å². The minimum Gasteiger partial charge on any atom is -0.457 e. The average Bonchev–Trinajstić information content (AvgIpc) is 3.22. The van der Waals surface area contributed by atoms with Crippen LogP contribution in [0.15, 0.2) is 36.5 Å². The minimum absolute atomic E-state index is 0.138. The summed E-state index contributed by atoms with van der Waals surface area (Å²) in [5.74, 6) is -0.462. The predicted molar refractivity (Wildman–Crippen MR) is 111 cm³/mol. The third-order valence-corrected chi connectivity index (χ3v) is 5.19. The molecule has 0 fully saturated rings. The first kappa shape index (κ1) is 19.9. The van der Waals surface area contributed by atoms with Crippen LogP contribution in [0.5, 0.6) is 0 Å². The van der Waals surface area contributed by atoms with Crippen molar-refractivity contribution in [2.75, 3.05) is 6.61 Å². The van der Waals surface area contributed by atoms with E-state index in [0.717, 1.165) is 36.3 Å². The van der Waals surface area contributed by atoms with Gasteiger partial charge in [-0.15, -0.1) is 0 Å². The van der Waals surface area contributed by atoms with Crippen LogP contribution in [0.25, 0.3) is 10.9 Å². The summed E-state index contributed by atoms with van der Waals surface area (Å²) < 4.78 is 7.36. The Balaban J connectivity index is 1.48. The van der Waals surface area contributed by atoms with Crippen LogP contribution in [0, 0.1) is 13.8 Å². The van der Waals surface area contributed by atoms with Gasteiger partial charge in [-0.2, -0.15) is 0 Å². The number of aromatic amines is 1. The van der Waals surface area contributed by atoms with Crippen molar-refractivity contribution in [2.24, 2.45) is 0 Å². The highest BCUT2D eigenvalue weighted by Gasteiger charge is 2.17. The number of hydrogen-bond acceptors (Lipinski definition) is 3. The summed E-state index contributed by atoms with van der Waals surface area (Å²) in [7, 11) is 0. The average molecular weight is 380 g/mol. The Bertz CT molecular complexity index is 981. The van der Waals surface area contributed by atoms with Crippen LogP contribution >= 0.6 is 0 Å². The fraction of sp³-hybridized carbons (Fsp3) is 0.391. The minimum atomic E-state index is -0.324. The van der Waals surface area contributed by atoms with E-state index in [-0.39, 0.29) is 18.4 Å². The highest BCUT2D eigenvalue weighted by Crippen LogP contribution is 2.20. The summed E-state index contributed by atoms with van der Waals surface area (Å²) in [5.41, 5.74) is 4.96. The van der Waals surface area contributed by atoms with Gasteiger partial charge in [-0.1, -0.05) is 25.1 Å². The maximum atomic E-state index is 12.5. The lowest BCUT2D eigenvalue weighted by Crippen LogP contribution is -2.15. The molecule has 5 heteroatoms. The van der Waals surface area contributed by atoms with Crippen LogP contribution in [-0.4, -0.2) is 27.9 Å². The molecule has 0 amide bonds. The van der Waals surface area contributed by atoms with E-state index >= 15 is 0 Å². The molecule has 148 valence electrons. The van der Waals surface area contributed by atoms with E-state index in [1.54, 1.807) is 0 Å². The van der Waals surface area contributed by atoms with E-state index in [2.05, 4.69) is 22.5 Å². The summed E-state index contributed by atoms with van der Waals surface area (Å²) in [6.45, 7) is 6.74. The molecule has 0 aliphatic rings. The second kappa shape index (κ2) is 8.91. The number of hydrogen-bond donors (Lipinski definition) is 1. The van der Waals surface area contributed by atoms with Crippen molar-refractivity contribution >= 4 is 22.7 Å². The number of nitrogens with one attached hydrogen (secondary N) is 1. The zero-order chi connectivity index (χ0) is 20.1. The molecule has 0 saturated carbocycles. The monoisotopic (exact) mass is 380 g/mol. The maximum Gasteiger partial charge on any atom is 0.306 e. The number of aryl methyl sites for hydroxylation is 2. The molecule has 0 radical (unpaired) electrons. The third-order valence-electron chi connectivity index (χ3n) is 5.19. The molecule has 2 aromatic heterocycles. The second-order valence-corrected chi connectivity index (χ2v) is 7.23. The Morgan fingerprint density at radius 1 is 1.18 bits per heavy atom. The number of benzene rings is 1. The molecule has 3 rings (SSSR count). The van der Waals surface area contributed by atoms with Gasteiger partial charge < -0.3 is 14.3 Å². The van der Waals surface area contributed by atoms with Gasteiger partial charge in [0.1, 0.15) is 0 Å². The molecule has 0 atom stereocenters. The number of esters is 1. The lowest BCUT2D eigenvalue weighted by atomic mass is 10.1. The topological polar surface area (TPSA) is 64.1 Å². The summed E-state index contributed by atoms with van der Waals surface area (Å²) in [6, 6.07) is 10.0. The number of para-hydroxylation sites is 1. The normalized spacial score (nSPS) is 11.1. The molecular weight excluding hydrogens is 352 g/mol. The van der Waals surface area contributed by atoms with Crippen molar-refractivity contribution < 1.29 is 14.3 Å². The number of carbonyl (C=O) groups is 2. The maximum absolute atomic E-state index is 12.5. The van der Waals surface area contributed by atoms with Gasteiger partial charge in [0.15, 0.2) is 6.61 Å². The molecule has 3 aromatic rings. The first-order valence-electron chi connectivity index (χ1n) is 9.91. The Labute approximate surface area is 165 Å². The molecule has 0 aliphatic heterocycles. The van der Waals surface area contributed by atoms with Crippen LogP contribution in [0.4, 0.5) is 0 Å².